The zero-order valence-corrected chi connectivity index (χ0v) is 11.4. The quantitative estimate of drug-likeness (QED) is 0.737. The van der Waals surface area contributed by atoms with E-state index in [0.717, 1.165) is 24.9 Å². The largest absolute Gasteiger partial charge is 0.467 e. The van der Waals surface area contributed by atoms with Crippen molar-refractivity contribution in [1.29, 1.82) is 0 Å². The van der Waals surface area contributed by atoms with Crippen molar-refractivity contribution >= 4 is 21.9 Å². The lowest BCUT2D eigenvalue weighted by Gasteiger charge is -2.18. The zero-order chi connectivity index (χ0) is 14.2. The third-order valence-corrected chi connectivity index (χ3v) is 5.95. The Morgan fingerprint density at radius 1 is 1.37 bits per heavy atom. The van der Waals surface area contributed by atoms with Gasteiger partial charge in [0.05, 0.1) is 18.1 Å². The third-order valence-electron chi connectivity index (χ3n) is 3.65. The number of esters is 1. The fourth-order valence-electron chi connectivity index (χ4n) is 2.38. The van der Waals surface area contributed by atoms with Gasteiger partial charge in [0.15, 0.2) is 9.84 Å². The highest BCUT2D eigenvalue weighted by Crippen LogP contribution is 2.34. The number of methoxy groups -OCH3 is 1. The molecule has 0 bridgehead atoms. The molecule has 2 rings (SSSR count). The van der Waals surface area contributed by atoms with E-state index >= 15 is 0 Å². The van der Waals surface area contributed by atoms with Crippen LogP contribution in [0, 0.1) is 5.92 Å². The first-order chi connectivity index (χ1) is 8.85. The van der Waals surface area contributed by atoms with E-state index in [-0.39, 0.29) is 24.6 Å². The molecule has 2 atom stereocenters. The van der Waals surface area contributed by atoms with Gasteiger partial charge in [-0.05, 0) is 25.2 Å². The molecule has 2 aliphatic rings. The molecule has 1 saturated heterocycles. The molecule has 1 heterocycles. The Labute approximate surface area is 111 Å². The van der Waals surface area contributed by atoms with Gasteiger partial charge in [0.1, 0.15) is 6.04 Å². The van der Waals surface area contributed by atoms with Crippen molar-refractivity contribution in [2.24, 2.45) is 5.92 Å². The van der Waals surface area contributed by atoms with E-state index in [0.29, 0.717) is 0 Å². The Bertz CT molecular complexity index is 483. The number of amides is 1. The van der Waals surface area contributed by atoms with E-state index in [1.165, 1.54) is 0 Å². The molecule has 0 aromatic carbocycles. The lowest BCUT2D eigenvalue weighted by atomic mass is 10.2. The molecule has 1 amide bonds. The van der Waals surface area contributed by atoms with Gasteiger partial charge in [-0.3, -0.25) is 4.90 Å². The summed E-state index contributed by atoms with van der Waals surface area (Å²) < 4.78 is 28.8. The predicted octanol–water partition coefficient (Wildman–Crippen LogP) is 0.105. The number of nitrogens with zero attached hydrogens (tertiary/aromatic N) is 1. The number of rotatable bonds is 4. The topological polar surface area (TPSA) is 101 Å². The summed E-state index contributed by atoms with van der Waals surface area (Å²) in [7, 11) is -2.19. The van der Waals surface area contributed by atoms with E-state index < -0.39 is 33.2 Å². The standard InChI is InChI=1S/C11H17NO6S/c1-18-10(13)9-4-8(5-12(9)11(14)15)19(16,17)6-7-2-3-7/h7-9H,2-6H2,1H3,(H,14,15)/t8-,9+/m1/s1. The average molecular weight is 291 g/mol. The van der Waals surface area contributed by atoms with Gasteiger partial charge in [0, 0.05) is 6.54 Å². The molecule has 19 heavy (non-hydrogen) atoms. The van der Waals surface area contributed by atoms with E-state index in [9.17, 15) is 18.0 Å². The van der Waals surface area contributed by atoms with Crippen LogP contribution < -0.4 is 0 Å². The zero-order valence-electron chi connectivity index (χ0n) is 10.6. The first-order valence-corrected chi connectivity index (χ1v) is 7.85. The Kier molecular flexibility index (Phi) is 3.71. The Balaban J connectivity index is 2.12. The number of carbonyl (C=O) groups excluding carboxylic acids is 1. The van der Waals surface area contributed by atoms with Crippen LogP contribution in [0.4, 0.5) is 4.79 Å². The van der Waals surface area contributed by atoms with E-state index in [1.807, 2.05) is 0 Å². The summed E-state index contributed by atoms with van der Waals surface area (Å²) in [5.74, 6) is -0.397. The molecule has 1 N–H and O–H groups in total. The number of sulfone groups is 1. The molecule has 2 fully saturated rings. The summed E-state index contributed by atoms with van der Waals surface area (Å²) in [5, 5.41) is 8.23. The molecular formula is C11H17NO6S. The molecule has 1 aliphatic carbocycles. The van der Waals surface area contributed by atoms with Crippen molar-refractivity contribution in [1.82, 2.24) is 4.90 Å². The third kappa shape index (κ3) is 2.99. The molecule has 1 aliphatic heterocycles. The molecule has 0 radical (unpaired) electrons. The number of carbonyl (C=O) groups is 2. The second kappa shape index (κ2) is 4.99. The number of carboxylic acid groups (broad SMARTS) is 1. The van der Waals surface area contributed by atoms with Gasteiger partial charge in [-0.25, -0.2) is 18.0 Å². The summed E-state index contributed by atoms with van der Waals surface area (Å²) in [6.45, 7) is -0.149. The lowest BCUT2D eigenvalue weighted by Crippen LogP contribution is -2.40. The van der Waals surface area contributed by atoms with Crippen LogP contribution in [0.3, 0.4) is 0 Å². The minimum absolute atomic E-state index is 0.00593. The molecule has 0 spiro atoms. The van der Waals surface area contributed by atoms with E-state index in [1.54, 1.807) is 0 Å². The Morgan fingerprint density at radius 3 is 2.47 bits per heavy atom. The molecule has 8 heteroatoms. The molecule has 1 saturated carbocycles. The van der Waals surface area contributed by atoms with Crippen LogP contribution in [0.15, 0.2) is 0 Å². The summed E-state index contributed by atoms with van der Waals surface area (Å²) in [4.78, 5) is 23.4. The normalized spacial score (nSPS) is 27.3. The number of ether oxygens (including phenoxy) is 1. The maximum Gasteiger partial charge on any atom is 0.408 e. The van der Waals surface area contributed by atoms with Crippen LogP contribution in [-0.4, -0.2) is 61.2 Å². The number of hydrogen-bond donors (Lipinski definition) is 1. The highest BCUT2D eigenvalue weighted by Gasteiger charge is 2.46. The summed E-state index contributed by atoms with van der Waals surface area (Å²) in [5.41, 5.74) is 0. The van der Waals surface area contributed by atoms with Gasteiger partial charge in [-0.1, -0.05) is 0 Å². The van der Waals surface area contributed by atoms with Gasteiger partial charge < -0.3 is 9.84 Å². The van der Waals surface area contributed by atoms with Crippen molar-refractivity contribution in [3.05, 3.63) is 0 Å². The van der Waals surface area contributed by atoms with E-state index in [2.05, 4.69) is 4.74 Å². The minimum atomic E-state index is -3.35. The van der Waals surface area contributed by atoms with Gasteiger partial charge in [-0.2, -0.15) is 0 Å². The van der Waals surface area contributed by atoms with Crippen LogP contribution in [0.25, 0.3) is 0 Å². The maximum absolute atomic E-state index is 12.1. The summed E-state index contributed by atoms with van der Waals surface area (Å²) >= 11 is 0. The molecule has 7 nitrogen and oxygen atoms in total. The number of likely N-dealkylation sites (tertiary alicyclic amines) is 1. The second-order valence-corrected chi connectivity index (χ2v) is 7.43. The summed E-state index contributed by atoms with van der Waals surface area (Å²) in [6.07, 6.45) is 0.525. The van der Waals surface area contributed by atoms with Gasteiger partial charge in [-0.15, -0.1) is 0 Å². The van der Waals surface area contributed by atoms with Crippen molar-refractivity contribution in [2.75, 3.05) is 19.4 Å². The molecule has 0 unspecified atom stereocenters. The van der Waals surface area contributed by atoms with Gasteiger partial charge in [0.25, 0.3) is 0 Å². The molecule has 0 aromatic heterocycles. The Morgan fingerprint density at radius 2 is 2.00 bits per heavy atom. The first-order valence-electron chi connectivity index (χ1n) is 6.14. The fourth-order valence-corrected chi connectivity index (χ4v) is 4.50. The van der Waals surface area contributed by atoms with Crippen molar-refractivity contribution in [3.63, 3.8) is 0 Å². The van der Waals surface area contributed by atoms with Crippen molar-refractivity contribution in [2.45, 2.75) is 30.6 Å². The van der Waals surface area contributed by atoms with Gasteiger partial charge >= 0.3 is 12.1 Å². The fraction of sp³-hybridized carbons (Fsp3) is 0.818. The van der Waals surface area contributed by atoms with Crippen LogP contribution in [-0.2, 0) is 19.4 Å². The predicted molar refractivity (Wildman–Crippen MR) is 65.5 cm³/mol. The van der Waals surface area contributed by atoms with Crippen LogP contribution in [0.2, 0.25) is 0 Å². The van der Waals surface area contributed by atoms with Gasteiger partial charge in [0.2, 0.25) is 0 Å². The molecule has 108 valence electrons. The van der Waals surface area contributed by atoms with Crippen molar-refractivity contribution in [3.8, 4) is 0 Å². The van der Waals surface area contributed by atoms with Crippen molar-refractivity contribution < 1.29 is 27.9 Å². The first kappa shape index (κ1) is 14.1. The highest BCUT2D eigenvalue weighted by molar-refractivity contribution is 7.92. The smallest absolute Gasteiger partial charge is 0.408 e. The van der Waals surface area contributed by atoms with E-state index in [4.69, 9.17) is 5.11 Å². The maximum atomic E-state index is 12.1. The van der Waals surface area contributed by atoms with Crippen LogP contribution >= 0.6 is 0 Å². The lowest BCUT2D eigenvalue weighted by molar-refractivity contribution is -0.145. The Hall–Kier alpha value is -1.31. The highest BCUT2D eigenvalue weighted by atomic mass is 32.2. The van der Waals surface area contributed by atoms with Crippen LogP contribution in [0.5, 0.6) is 0 Å². The average Bonchev–Trinajstić information content (AvgIpc) is 3.00. The minimum Gasteiger partial charge on any atom is -0.467 e. The monoisotopic (exact) mass is 291 g/mol. The number of hydrogen-bond acceptors (Lipinski definition) is 5. The summed E-state index contributed by atoms with van der Waals surface area (Å²) in [6, 6.07) is -1.01. The second-order valence-electron chi connectivity index (χ2n) is 5.10. The van der Waals surface area contributed by atoms with Crippen LogP contribution in [0.1, 0.15) is 19.3 Å². The molecule has 0 aromatic rings. The molecular weight excluding hydrogens is 274 g/mol. The SMILES string of the molecule is COC(=O)[C@@H]1C[C@@H](S(=O)(=O)CC2CC2)CN1C(=O)O.